The molecule has 1 rings (SSSR count). The largest absolute Gasteiger partial charge is 0.355 e. The SMILES string of the molecule is CCP(=O)(CC)OC(O)S(=O)(=O)c1ccc(C)cc1. The molecule has 0 spiro atoms. The van der Waals surface area contributed by atoms with E-state index in [0.29, 0.717) is 0 Å². The average Bonchev–Trinajstić information content (AvgIpc) is 2.39. The van der Waals surface area contributed by atoms with Gasteiger partial charge in [0.1, 0.15) is 0 Å². The van der Waals surface area contributed by atoms with E-state index in [4.69, 9.17) is 4.52 Å². The van der Waals surface area contributed by atoms with Gasteiger partial charge in [-0.25, -0.2) is 8.42 Å². The van der Waals surface area contributed by atoms with Gasteiger partial charge in [0.05, 0.1) is 4.90 Å². The number of aliphatic hydroxyl groups excluding tert-OH is 1. The molecule has 0 saturated carbocycles. The zero-order valence-electron chi connectivity index (χ0n) is 11.2. The van der Waals surface area contributed by atoms with Crippen molar-refractivity contribution in [1.82, 2.24) is 0 Å². The van der Waals surface area contributed by atoms with Gasteiger partial charge in [0.25, 0.3) is 5.62 Å². The maximum absolute atomic E-state index is 12.1. The van der Waals surface area contributed by atoms with Gasteiger partial charge in [-0.05, 0) is 19.1 Å². The molecule has 0 fully saturated rings. The lowest BCUT2D eigenvalue weighted by molar-refractivity contribution is 0.0556. The normalized spacial score (nSPS) is 14.3. The predicted octanol–water partition coefficient (Wildman–Crippen LogP) is 2.38. The van der Waals surface area contributed by atoms with Crippen molar-refractivity contribution in [1.29, 1.82) is 0 Å². The summed E-state index contributed by atoms with van der Waals surface area (Å²) in [5.74, 6) is 0. The van der Waals surface area contributed by atoms with Crippen molar-refractivity contribution in [2.75, 3.05) is 12.3 Å². The van der Waals surface area contributed by atoms with Crippen molar-refractivity contribution in [3.8, 4) is 0 Å². The van der Waals surface area contributed by atoms with Gasteiger partial charge in [0.2, 0.25) is 17.2 Å². The molecule has 0 heterocycles. The average molecular weight is 306 g/mol. The van der Waals surface area contributed by atoms with Gasteiger partial charge in [-0.15, -0.1) is 0 Å². The van der Waals surface area contributed by atoms with E-state index in [1.54, 1.807) is 26.0 Å². The van der Waals surface area contributed by atoms with Crippen LogP contribution >= 0.6 is 7.37 Å². The highest BCUT2D eigenvalue weighted by Crippen LogP contribution is 2.47. The molecule has 1 aromatic carbocycles. The molecule has 1 aromatic rings. The molecular formula is C12H19O5PS. The molecule has 1 unspecified atom stereocenters. The highest BCUT2D eigenvalue weighted by Gasteiger charge is 2.32. The molecule has 5 nitrogen and oxygen atoms in total. The van der Waals surface area contributed by atoms with Crippen LogP contribution in [-0.2, 0) is 18.9 Å². The molecule has 7 heteroatoms. The van der Waals surface area contributed by atoms with Gasteiger partial charge in [-0.1, -0.05) is 31.5 Å². The Morgan fingerprint density at radius 1 is 1.21 bits per heavy atom. The topological polar surface area (TPSA) is 80.7 Å². The van der Waals surface area contributed by atoms with Crippen molar-refractivity contribution in [2.24, 2.45) is 0 Å². The van der Waals surface area contributed by atoms with E-state index >= 15 is 0 Å². The Balaban J connectivity index is 3.01. The minimum absolute atomic E-state index is 0.0515. The maximum Gasteiger partial charge on any atom is 0.270 e. The Hall–Kier alpha value is -0.680. The van der Waals surface area contributed by atoms with Gasteiger partial charge in [-0.3, -0.25) is 9.09 Å². The Morgan fingerprint density at radius 2 is 1.68 bits per heavy atom. The van der Waals surface area contributed by atoms with Crippen molar-refractivity contribution >= 4 is 17.2 Å². The second kappa shape index (κ2) is 6.18. The van der Waals surface area contributed by atoms with Gasteiger partial charge >= 0.3 is 0 Å². The highest BCUT2D eigenvalue weighted by atomic mass is 32.2. The van der Waals surface area contributed by atoms with Gasteiger partial charge in [0, 0.05) is 12.3 Å². The molecule has 19 heavy (non-hydrogen) atoms. The fourth-order valence-corrected chi connectivity index (χ4v) is 4.18. The van der Waals surface area contributed by atoms with Crippen LogP contribution in [0, 0.1) is 6.92 Å². The Bertz CT molecular complexity index is 556. The van der Waals surface area contributed by atoms with E-state index in [1.807, 2.05) is 6.92 Å². The Kier molecular flexibility index (Phi) is 5.33. The summed E-state index contributed by atoms with van der Waals surface area (Å²) in [6.07, 6.45) is 0.369. The Morgan fingerprint density at radius 3 is 2.11 bits per heavy atom. The van der Waals surface area contributed by atoms with Crippen LogP contribution in [0.4, 0.5) is 0 Å². The van der Waals surface area contributed by atoms with Crippen LogP contribution in [0.1, 0.15) is 19.4 Å². The summed E-state index contributed by atoms with van der Waals surface area (Å²) in [6, 6.07) is 6.03. The summed E-state index contributed by atoms with van der Waals surface area (Å²) in [5, 5.41) is 9.72. The van der Waals surface area contributed by atoms with E-state index < -0.39 is 22.8 Å². The molecule has 0 aromatic heterocycles. The molecule has 0 aliphatic carbocycles. The van der Waals surface area contributed by atoms with Crippen LogP contribution in [0.3, 0.4) is 0 Å². The molecule has 0 saturated heterocycles. The summed E-state index contributed by atoms with van der Waals surface area (Å²) in [4.78, 5) is -0.0515. The minimum Gasteiger partial charge on any atom is -0.355 e. The number of hydrogen-bond acceptors (Lipinski definition) is 5. The quantitative estimate of drug-likeness (QED) is 0.644. The van der Waals surface area contributed by atoms with E-state index in [1.165, 1.54) is 12.1 Å². The Labute approximate surface area is 114 Å². The molecule has 0 aliphatic rings. The van der Waals surface area contributed by atoms with Gasteiger partial charge < -0.3 is 5.11 Å². The zero-order chi connectivity index (χ0) is 14.7. The maximum atomic E-state index is 12.1. The van der Waals surface area contributed by atoms with Crippen LogP contribution in [0.15, 0.2) is 29.2 Å². The smallest absolute Gasteiger partial charge is 0.270 e. The van der Waals surface area contributed by atoms with Crippen LogP contribution in [0.5, 0.6) is 0 Å². The predicted molar refractivity (Wildman–Crippen MR) is 74.1 cm³/mol. The van der Waals surface area contributed by atoms with Gasteiger partial charge in [0.15, 0.2) is 0 Å². The van der Waals surface area contributed by atoms with Crippen molar-refractivity contribution in [3.05, 3.63) is 29.8 Å². The molecular weight excluding hydrogens is 287 g/mol. The third-order valence-electron chi connectivity index (χ3n) is 2.86. The molecule has 0 amide bonds. The number of rotatable bonds is 6. The first-order valence-corrected chi connectivity index (χ1v) is 9.54. The van der Waals surface area contributed by atoms with Crippen LogP contribution in [0.25, 0.3) is 0 Å². The first kappa shape index (κ1) is 16.4. The lowest BCUT2D eigenvalue weighted by Crippen LogP contribution is -2.24. The third-order valence-corrected chi connectivity index (χ3v) is 7.07. The fraction of sp³-hybridized carbons (Fsp3) is 0.500. The molecule has 1 atom stereocenters. The molecule has 0 radical (unpaired) electrons. The van der Waals surface area contributed by atoms with Crippen LogP contribution in [0.2, 0.25) is 0 Å². The molecule has 0 aliphatic heterocycles. The molecule has 0 bridgehead atoms. The summed E-state index contributed by atoms with van der Waals surface area (Å²) in [7, 11) is -7.14. The number of aryl methyl sites for hydroxylation is 1. The van der Waals surface area contributed by atoms with E-state index in [0.717, 1.165) is 5.56 Å². The van der Waals surface area contributed by atoms with Crippen LogP contribution < -0.4 is 0 Å². The third kappa shape index (κ3) is 3.89. The number of hydrogen-bond donors (Lipinski definition) is 1. The second-order valence-electron chi connectivity index (χ2n) is 4.22. The number of benzene rings is 1. The zero-order valence-corrected chi connectivity index (χ0v) is 12.9. The van der Waals surface area contributed by atoms with E-state index in [2.05, 4.69) is 0 Å². The number of sulfone groups is 1. The van der Waals surface area contributed by atoms with E-state index in [9.17, 15) is 18.1 Å². The standard InChI is InChI=1S/C12H19O5PS/c1-4-18(14,5-2)17-12(13)19(15,16)11-8-6-10(3)7-9-11/h6-9,12-13H,4-5H2,1-3H3. The lowest BCUT2D eigenvalue weighted by atomic mass is 10.2. The second-order valence-corrected chi connectivity index (χ2v) is 9.29. The summed E-state index contributed by atoms with van der Waals surface area (Å²) in [6.45, 7) is 5.09. The highest BCUT2D eigenvalue weighted by molar-refractivity contribution is 7.92. The summed E-state index contributed by atoms with van der Waals surface area (Å²) < 4.78 is 41.1. The fourth-order valence-electron chi connectivity index (χ4n) is 1.44. The van der Waals surface area contributed by atoms with Crippen molar-refractivity contribution in [2.45, 2.75) is 31.3 Å². The lowest BCUT2D eigenvalue weighted by Gasteiger charge is -2.19. The molecule has 1 N–H and O–H groups in total. The molecule has 108 valence electrons. The van der Waals surface area contributed by atoms with Crippen molar-refractivity contribution in [3.63, 3.8) is 0 Å². The summed E-state index contributed by atoms with van der Waals surface area (Å²) >= 11 is 0. The first-order valence-electron chi connectivity index (χ1n) is 6.00. The summed E-state index contributed by atoms with van der Waals surface area (Å²) in [5.41, 5.74) is -1.19. The van der Waals surface area contributed by atoms with Gasteiger partial charge in [-0.2, -0.15) is 0 Å². The van der Waals surface area contributed by atoms with E-state index in [-0.39, 0.29) is 17.2 Å². The monoisotopic (exact) mass is 306 g/mol. The first-order chi connectivity index (χ1) is 8.75. The number of aliphatic hydroxyl groups is 1. The minimum atomic E-state index is -4.05. The van der Waals surface area contributed by atoms with Crippen LogP contribution in [-0.4, -0.2) is 31.5 Å². The van der Waals surface area contributed by atoms with Crippen molar-refractivity contribution < 1.29 is 22.6 Å².